The molecule has 90 valence electrons. The monoisotopic (exact) mass is 259 g/mol. The van der Waals surface area contributed by atoms with Crippen LogP contribution in [0.25, 0.3) is 0 Å². The van der Waals surface area contributed by atoms with Gasteiger partial charge >= 0.3 is 0 Å². The van der Waals surface area contributed by atoms with E-state index in [0.717, 1.165) is 0 Å². The van der Waals surface area contributed by atoms with E-state index >= 15 is 0 Å². The van der Waals surface area contributed by atoms with E-state index in [9.17, 15) is 13.5 Å². The maximum atomic E-state index is 12.5. The van der Waals surface area contributed by atoms with Crippen LogP contribution in [-0.2, 0) is 9.84 Å². The molecule has 1 heterocycles. The van der Waals surface area contributed by atoms with Crippen molar-refractivity contribution in [2.75, 3.05) is 0 Å². The summed E-state index contributed by atoms with van der Waals surface area (Å²) in [4.78, 5) is 4.39. The number of rotatable bonds is 0. The molecule has 0 saturated heterocycles. The second-order valence-corrected chi connectivity index (χ2v) is 5.84. The first-order chi connectivity index (χ1) is 8.59. The molecule has 0 aliphatic carbocycles. The standard InChI is InChI=1S/C13H9NO3S/c15-10-5-6-11-13(7-10)18(16,17)12-4-2-1-3-9(12)8-14-11/h1-8,15H. The van der Waals surface area contributed by atoms with Gasteiger partial charge in [0.2, 0.25) is 9.84 Å². The van der Waals surface area contributed by atoms with Gasteiger partial charge in [-0.05, 0) is 18.2 Å². The molecule has 1 aliphatic heterocycles. The molecule has 1 aliphatic rings. The van der Waals surface area contributed by atoms with Gasteiger partial charge in [0.25, 0.3) is 0 Å². The number of hydrogen-bond donors (Lipinski definition) is 1. The number of aliphatic imine (C=N–C) groups is 1. The molecule has 1 N–H and O–H groups in total. The summed E-state index contributed by atoms with van der Waals surface area (Å²) >= 11 is 0. The highest BCUT2D eigenvalue weighted by atomic mass is 32.2. The molecule has 4 nitrogen and oxygen atoms in total. The van der Waals surface area contributed by atoms with Crippen LogP contribution in [0.3, 0.4) is 0 Å². The summed E-state index contributed by atoms with van der Waals surface area (Å²) in [5.41, 5.74) is 0.886. The lowest BCUT2D eigenvalue weighted by Crippen LogP contribution is -2.03. The second-order valence-electron chi connectivity index (χ2n) is 3.95. The zero-order valence-corrected chi connectivity index (χ0v) is 10.1. The Labute approximate surface area is 104 Å². The van der Waals surface area contributed by atoms with E-state index in [0.29, 0.717) is 11.3 Å². The van der Waals surface area contributed by atoms with Gasteiger partial charge in [0.15, 0.2) is 0 Å². The van der Waals surface area contributed by atoms with Crippen LogP contribution in [0.1, 0.15) is 5.56 Å². The fourth-order valence-electron chi connectivity index (χ4n) is 1.91. The van der Waals surface area contributed by atoms with Crippen LogP contribution in [-0.4, -0.2) is 19.7 Å². The Hall–Kier alpha value is -2.14. The average Bonchev–Trinajstić information content (AvgIpc) is 2.47. The molecule has 0 aromatic heterocycles. The number of aromatic hydroxyl groups is 1. The van der Waals surface area contributed by atoms with Gasteiger partial charge in [-0.3, -0.25) is 4.99 Å². The third-order valence-electron chi connectivity index (χ3n) is 2.78. The van der Waals surface area contributed by atoms with E-state index < -0.39 is 9.84 Å². The first kappa shape index (κ1) is 11.0. The largest absolute Gasteiger partial charge is 0.508 e. The number of fused-ring (bicyclic) bond motifs is 2. The van der Waals surface area contributed by atoms with E-state index in [-0.39, 0.29) is 15.5 Å². The molecule has 0 fully saturated rings. The molecule has 3 rings (SSSR count). The Kier molecular flexibility index (Phi) is 2.24. The highest BCUT2D eigenvalue weighted by molar-refractivity contribution is 7.91. The summed E-state index contributed by atoms with van der Waals surface area (Å²) in [5, 5.41) is 9.44. The first-order valence-electron chi connectivity index (χ1n) is 5.30. The third kappa shape index (κ3) is 1.52. The van der Waals surface area contributed by atoms with E-state index in [4.69, 9.17) is 0 Å². The molecule has 0 atom stereocenters. The van der Waals surface area contributed by atoms with Crippen LogP contribution in [0.5, 0.6) is 5.75 Å². The van der Waals surface area contributed by atoms with E-state index in [2.05, 4.69) is 4.99 Å². The normalized spacial score (nSPS) is 15.6. The summed E-state index contributed by atoms with van der Waals surface area (Å²) in [5.74, 6) is -0.0908. The van der Waals surface area contributed by atoms with Gasteiger partial charge < -0.3 is 5.11 Å². The summed E-state index contributed by atoms with van der Waals surface area (Å²) in [6.45, 7) is 0. The zero-order chi connectivity index (χ0) is 12.8. The van der Waals surface area contributed by atoms with Crippen molar-refractivity contribution in [3.8, 4) is 5.75 Å². The number of sulfone groups is 1. The number of phenols is 1. The van der Waals surface area contributed by atoms with Gasteiger partial charge in [0.05, 0.1) is 10.6 Å². The molecular formula is C13H9NO3S. The van der Waals surface area contributed by atoms with Crippen LogP contribution >= 0.6 is 0 Å². The van der Waals surface area contributed by atoms with Gasteiger partial charge in [-0.1, -0.05) is 18.2 Å². The molecule has 2 aromatic carbocycles. The van der Waals surface area contributed by atoms with Crippen molar-refractivity contribution in [2.24, 2.45) is 4.99 Å². The maximum Gasteiger partial charge on any atom is 0.209 e. The van der Waals surface area contributed by atoms with Gasteiger partial charge in [-0.25, -0.2) is 8.42 Å². The first-order valence-corrected chi connectivity index (χ1v) is 6.78. The molecule has 18 heavy (non-hydrogen) atoms. The topological polar surface area (TPSA) is 66.7 Å². The molecule has 0 bridgehead atoms. The molecule has 0 radical (unpaired) electrons. The predicted octanol–water partition coefficient (Wildman–Crippen LogP) is 2.29. The van der Waals surface area contributed by atoms with Crippen molar-refractivity contribution in [3.63, 3.8) is 0 Å². The Morgan fingerprint density at radius 3 is 2.61 bits per heavy atom. The highest BCUT2D eigenvalue weighted by Gasteiger charge is 2.26. The Morgan fingerprint density at radius 2 is 1.78 bits per heavy atom. The zero-order valence-electron chi connectivity index (χ0n) is 9.24. The highest BCUT2D eigenvalue weighted by Crippen LogP contribution is 2.35. The minimum absolute atomic E-state index is 0.0312. The van der Waals surface area contributed by atoms with Crippen molar-refractivity contribution >= 4 is 21.7 Å². The smallest absolute Gasteiger partial charge is 0.209 e. The fraction of sp³-hybridized carbons (Fsp3) is 0. The molecule has 0 unspecified atom stereocenters. The second kappa shape index (κ2) is 3.68. The van der Waals surface area contributed by atoms with Crippen molar-refractivity contribution in [3.05, 3.63) is 48.0 Å². The predicted molar refractivity (Wildman–Crippen MR) is 67.3 cm³/mol. The number of nitrogens with zero attached hydrogens (tertiary/aromatic N) is 1. The van der Waals surface area contributed by atoms with Crippen LogP contribution < -0.4 is 0 Å². The lowest BCUT2D eigenvalue weighted by atomic mass is 10.2. The Morgan fingerprint density at radius 1 is 1.00 bits per heavy atom. The summed E-state index contributed by atoms with van der Waals surface area (Å²) in [7, 11) is -3.65. The lowest BCUT2D eigenvalue weighted by molar-refractivity contribution is 0.473. The molecule has 5 heteroatoms. The van der Waals surface area contributed by atoms with Crippen molar-refractivity contribution in [1.29, 1.82) is 0 Å². The fourth-order valence-corrected chi connectivity index (χ4v) is 3.51. The van der Waals surface area contributed by atoms with Gasteiger partial charge in [0.1, 0.15) is 10.6 Å². The Bertz CT molecular complexity index is 764. The van der Waals surface area contributed by atoms with Crippen molar-refractivity contribution in [2.45, 2.75) is 9.79 Å². The maximum absolute atomic E-state index is 12.5. The molecular weight excluding hydrogens is 250 g/mol. The Balaban J connectivity index is 2.42. The minimum Gasteiger partial charge on any atom is -0.508 e. The van der Waals surface area contributed by atoms with Crippen molar-refractivity contribution in [1.82, 2.24) is 0 Å². The van der Waals surface area contributed by atoms with E-state index in [1.807, 2.05) is 0 Å². The molecule has 2 aromatic rings. The quantitative estimate of drug-likeness (QED) is 0.673. The minimum atomic E-state index is -3.65. The number of hydrogen-bond acceptors (Lipinski definition) is 4. The van der Waals surface area contributed by atoms with Gasteiger partial charge in [-0.15, -0.1) is 0 Å². The van der Waals surface area contributed by atoms with Crippen LogP contribution in [0.4, 0.5) is 5.69 Å². The van der Waals surface area contributed by atoms with E-state index in [1.54, 1.807) is 18.2 Å². The van der Waals surface area contributed by atoms with E-state index in [1.165, 1.54) is 30.5 Å². The average molecular weight is 259 g/mol. The third-order valence-corrected chi connectivity index (χ3v) is 4.64. The molecule has 0 saturated carbocycles. The number of phenolic OH excluding ortho intramolecular Hbond substituents is 1. The van der Waals surface area contributed by atoms with Gasteiger partial charge in [-0.2, -0.15) is 0 Å². The summed E-state index contributed by atoms with van der Waals surface area (Å²) < 4.78 is 25.0. The van der Waals surface area contributed by atoms with Gasteiger partial charge in [0, 0.05) is 17.8 Å². The van der Waals surface area contributed by atoms with Crippen LogP contribution in [0.15, 0.2) is 57.2 Å². The van der Waals surface area contributed by atoms with Crippen LogP contribution in [0.2, 0.25) is 0 Å². The summed E-state index contributed by atoms with van der Waals surface area (Å²) in [6.07, 6.45) is 1.52. The molecule has 0 amide bonds. The summed E-state index contributed by atoms with van der Waals surface area (Å²) in [6, 6.07) is 10.8. The number of benzene rings is 2. The van der Waals surface area contributed by atoms with Crippen molar-refractivity contribution < 1.29 is 13.5 Å². The SMILES string of the molecule is O=S1(=O)c2ccccc2C=Nc2ccc(O)cc21. The molecule has 0 spiro atoms. The van der Waals surface area contributed by atoms with Crippen LogP contribution in [0, 0.1) is 0 Å². The lowest BCUT2D eigenvalue weighted by Gasteiger charge is -2.06.